The summed E-state index contributed by atoms with van der Waals surface area (Å²) in [6, 6.07) is -0.268. The van der Waals surface area contributed by atoms with Crippen LogP contribution in [0.15, 0.2) is 31.1 Å². The van der Waals surface area contributed by atoms with Crippen LogP contribution in [-0.4, -0.2) is 29.5 Å². The lowest BCUT2D eigenvalue weighted by Gasteiger charge is -2.14. The molecule has 0 unspecified atom stereocenters. The number of nitrogens with one attached hydrogen (secondary N) is 2. The van der Waals surface area contributed by atoms with Crippen LogP contribution in [0.1, 0.15) is 24.4 Å². The van der Waals surface area contributed by atoms with Gasteiger partial charge in [0.05, 0.1) is 24.8 Å². The van der Waals surface area contributed by atoms with Crippen LogP contribution in [0.4, 0.5) is 22.0 Å². The zero-order valence-corrected chi connectivity index (χ0v) is 13.5. The topological polar surface area (TPSA) is 93.4 Å². The van der Waals surface area contributed by atoms with Crippen molar-refractivity contribution in [3.8, 4) is 0 Å². The second-order valence-corrected chi connectivity index (χ2v) is 5.40. The first-order valence-electron chi connectivity index (χ1n) is 7.34. The van der Waals surface area contributed by atoms with E-state index < -0.39 is 5.82 Å². The van der Waals surface area contributed by atoms with Gasteiger partial charge in [0.15, 0.2) is 5.82 Å². The number of aromatic nitrogens is 6. The molecule has 0 aromatic carbocycles. The van der Waals surface area contributed by atoms with E-state index in [0.29, 0.717) is 23.4 Å². The molecule has 0 saturated carbocycles. The minimum atomic E-state index is -0.473. The first-order valence-corrected chi connectivity index (χ1v) is 7.34. The molecule has 0 bridgehead atoms. The number of nitrogens with zero attached hydrogens (tertiary/aromatic N) is 6. The predicted molar refractivity (Wildman–Crippen MR) is 87.3 cm³/mol. The number of aryl methyl sites for hydroxylation is 2. The van der Waals surface area contributed by atoms with E-state index in [0.717, 1.165) is 18.0 Å². The lowest BCUT2D eigenvalue weighted by molar-refractivity contribution is 0.604. The average molecular weight is 328 g/mol. The Morgan fingerprint density at radius 3 is 2.54 bits per heavy atom. The molecule has 124 valence electrons. The highest BCUT2D eigenvalue weighted by Crippen LogP contribution is 2.19. The minimum absolute atomic E-state index is 0.268. The Morgan fingerprint density at radius 1 is 1.12 bits per heavy atom. The Kier molecular flexibility index (Phi) is 4.32. The molecular weight excluding hydrogens is 311 g/mol. The first-order chi connectivity index (χ1) is 11.5. The quantitative estimate of drug-likeness (QED) is 0.742. The highest BCUT2D eigenvalue weighted by atomic mass is 19.1. The zero-order valence-electron chi connectivity index (χ0n) is 13.5. The van der Waals surface area contributed by atoms with Crippen LogP contribution < -0.4 is 10.6 Å². The summed E-state index contributed by atoms with van der Waals surface area (Å²) < 4.78 is 14.7. The van der Waals surface area contributed by atoms with Crippen molar-refractivity contribution in [1.82, 2.24) is 29.5 Å². The van der Waals surface area contributed by atoms with Crippen LogP contribution in [0.5, 0.6) is 0 Å². The van der Waals surface area contributed by atoms with Crippen LogP contribution in [0.2, 0.25) is 0 Å². The van der Waals surface area contributed by atoms with Crippen molar-refractivity contribution in [3.63, 3.8) is 0 Å². The van der Waals surface area contributed by atoms with Gasteiger partial charge in [-0.1, -0.05) is 0 Å². The summed E-state index contributed by atoms with van der Waals surface area (Å²) >= 11 is 0. The van der Waals surface area contributed by atoms with Crippen molar-refractivity contribution in [2.75, 3.05) is 10.6 Å². The van der Waals surface area contributed by atoms with E-state index in [1.807, 2.05) is 31.7 Å². The van der Waals surface area contributed by atoms with Gasteiger partial charge >= 0.3 is 0 Å². The van der Waals surface area contributed by atoms with Crippen molar-refractivity contribution >= 4 is 17.6 Å². The Balaban J connectivity index is 1.76. The van der Waals surface area contributed by atoms with Gasteiger partial charge in [-0.15, -0.1) is 0 Å². The molecule has 3 aromatic rings. The van der Waals surface area contributed by atoms with Crippen LogP contribution in [0, 0.1) is 12.7 Å². The predicted octanol–water partition coefficient (Wildman–Crippen LogP) is 2.36. The van der Waals surface area contributed by atoms with Gasteiger partial charge in [-0.05, 0) is 13.8 Å². The van der Waals surface area contributed by atoms with Gasteiger partial charge < -0.3 is 15.2 Å². The van der Waals surface area contributed by atoms with Crippen molar-refractivity contribution in [2.24, 2.45) is 7.05 Å². The second-order valence-electron chi connectivity index (χ2n) is 5.40. The molecule has 1 atom stereocenters. The Labute approximate surface area is 138 Å². The molecule has 8 nitrogen and oxygen atoms in total. The number of hydrogen-bond acceptors (Lipinski definition) is 7. The van der Waals surface area contributed by atoms with Gasteiger partial charge in [0.1, 0.15) is 17.5 Å². The molecule has 24 heavy (non-hydrogen) atoms. The van der Waals surface area contributed by atoms with E-state index in [2.05, 4.69) is 35.6 Å². The summed E-state index contributed by atoms with van der Waals surface area (Å²) in [5.74, 6) is 1.75. The van der Waals surface area contributed by atoms with E-state index in [1.165, 1.54) is 0 Å². The Bertz CT molecular complexity index is 830. The van der Waals surface area contributed by atoms with Crippen LogP contribution >= 0.6 is 0 Å². The second kappa shape index (κ2) is 6.57. The third kappa shape index (κ3) is 3.62. The normalized spacial score (nSPS) is 12.0. The lowest BCUT2D eigenvalue weighted by atomic mass is 10.3. The van der Waals surface area contributed by atoms with Gasteiger partial charge in [0, 0.05) is 25.0 Å². The Hall–Kier alpha value is -3.10. The van der Waals surface area contributed by atoms with Gasteiger partial charge in [0.25, 0.3) is 0 Å². The maximum atomic E-state index is 12.9. The van der Waals surface area contributed by atoms with E-state index in [4.69, 9.17) is 0 Å². The number of imidazole rings is 1. The van der Waals surface area contributed by atoms with Crippen LogP contribution in [0.3, 0.4) is 0 Å². The SMILES string of the molecule is Cc1cnc(N[C@@H](C)c2ncc(F)cn2)nc1Nc1cn(C)cn1. The molecular formula is C15H17FN8. The monoisotopic (exact) mass is 328 g/mol. The average Bonchev–Trinajstić information content (AvgIpc) is 2.96. The number of halogens is 1. The summed E-state index contributed by atoms with van der Waals surface area (Å²) in [6.45, 7) is 3.75. The van der Waals surface area contributed by atoms with Gasteiger partial charge in [-0.25, -0.2) is 24.3 Å². The zero-order chi connectivity index (χ0) is 17.1. The number of rotatable bonds is 5. The molecule has 0 amide bonds. The van der Waals surface area contributed by atoms with Crippen LogP contribution in [0.25, 0.3) is 0 Å². The summed E-state index contributed by atoms with van der Waals surface area (Å²) in [5.41, 5.74) is 0.886. The number of anilines is 3. The maximum Gasteiger partial charge on any atom is 0.225 e. The summed E-state index contributed by atoms with van der Waals surface area (Å²) in [6.07, 6.45) is 7.52. The van der Waals surface area contributed by atoms with Gasteiger partial charge in [0.2, 0.25) is 5.95 Å². The molecule has 0 saturated heterocycles. The van der Waals surface area contributed by atoms with Crippen molar-refractivity contribution in [1.29, 1.82) is 0 Å². The Morgan fingerprint density at radius 2 is 1.88 bits per heavy atom. The molecule has 0 aliphatic rings. The molecule has 9 heteroatoms. The van der Waals surface area contributed by atoms with Gasteiger partial charge in [-0.3, -0.25) is 0 Å². The standard InChI is InChI=1S/C15H17FN8/c1-9-4-19-15(21-10(2)14-17-5-11(16)6-18-14)23-13(9)22-12-7-24(3)8-20-12/h4-8,10H,1-3H3,(H2,19,21,22,23)/t10-/m0/s1. The van der Waals surface area contributed by atoms with Crippen molar-refractivity contribution < 1.29 is 4.39 Å². The van der Waals surface area contributed by atoms with E-state index >= 15 is 0 Å². The molecule has 0 aliphatic carbocycles. The number of hydrogen-bond donors (Lipinski definition) is 2. The van der Waals surface area contributed by atoms with Gasteiger partial charge in [-0.2, -0.15) is 4.98 Å². The molecule has 0 radical (unpaired) electrons. The third-order valence-corrected chi connectivity index (χ3v) is 3.30. The third-order valence-electron chi connectivity index (χ3n) is 3.30. The smallest absolute Gasteiger partial charge is 0.225 e. The van der Waals surface area contributed by atoms with Crippen molar-refractivity contribution in [3.05, 3.63) is 48.3 Å². The molecule has 2 N–H and O–H groups in total. The van der Waals surface area contributed by atoms with Crippen molar-refractivity contribution in [2.45, 2.75) is 19.9 Å². The highest BCUT2D eigenvalue weighted by molar-refractivity contribution is 5.56. The summed E-state index contributed by atoms with van der Waals surface area (Å²) in [7, 11) is 1.89. The fraction of sp³-hybridized carbons (Fsp3) is 0.267. The molecule has 3 aromatic heterocycles. The fourth-order valence-corrected chi connectivity index (χ4v) is 2.04. The molecule has 0 spiro atoms. The minimum Gasteiger partial charge on any atom is -0.344 e. The molecule has 3 heterocycles. The van der Waals surface area contributed by atoms with Crippen LogP contribution in [-0.2, 0) is 7.05 Å². The summed E-state index contributed by atoms with van der Waals surface area (Å²) in [5, 5.41) is 6.25. The maximum absolute atomic E-state index is 12.9. The first kappa shape index (κ1) is 15.8. The molecule has 3 rings (SSSR count). The fourth-order valence-electron chi connectivity index (χ4n) is 2.04. The largest absolute Gasteiger partial charge is 0.344 e. The highest BCUT2D eigenvalue weighted by Gasteiger charge is 2.12. The van der Waals surface area contributed by atoms with E-state index in [1.54, 1.807) is 12.5 Å². The summed E-state index contributed by atoms with van der Waals surface area (Å²) in [4.78, 5) is 20.8. The van der Waals surface area contributed by atoms with E-state index in [-0.39, 0.29) is 6.04 Å². The molecule has 0 fully saturated rings. The molecule has 0 aliphatic heterocycles. The van der Waals surface area contributed by atoms with E-state index in [9.17, 15) is 4.39 Å². The lowest BCUT2D eigenvalue weighted by Crippen LogP contribution is -2.13.